The highest BCUT2D eigenvalue weighted by Gasteiger charge is 2.64. The van der Waals surface area contributed by atoms with E-state index in [2.05, 4.69) is 11.9 Å². The van der Waals surface area contributed by atoms with Gasteiger partial charge in [-0.15, -0.1) is 0 Å². The summed E-state index contributed by atoms with van der Waals surface area (Å²) in [5, 5.41) is 25.1. The van der Waals surface area contributed by atoms with Gasteiger partial charge < -0.3 is 44.3 Å². The molecule has 4 bridgehead atoms. The predicted molar refractivity (Wildman–Crippen MR) is 180 cm³/mol. The minimum absolute atomic E-state index is 0.107. The number of allylic oxidation sites excluding steroid dienone is 3. The van der Waals surface area contributed by atoms with Crippen molar-refractivity contribution in [2.24, 2.45) is 5.92 Å². The summed E-state index contributed by atoms with van der Waals surface area (Å²) in [6, 6.07) is 2.65. The molecule has 0 spiro atoms. The highest BCUT2D eigenvalue weighted by molar-refractivity contribution is 6.34. The van der Waals surface area contributed by atoms with Gasteiger partial charge in [0.2, 0.25) is 11.8 Å². The first-order valence-electron chi connectivity index (χ1n) is 16.0. The summed E-state index contributed by atoms with van der Waals surface area (Å²) in [7, 11) is 4.57. The van der Waals surface area contributed by atoms with Gasteiger partial charge in [-0.25, -0.2) is 4.79 Å². The van der Waals surface area contributed by atoms with Crippen LogP contribution in [0.15, 0.2) is 48.4 Å². The van der Waals surface area contributed by atoms with Crippen LogP contribution in [0.5, 0.6) is 0 Å². The molecule has 2 amide bonds. The van der Waals surface area contributed by atoms with Gasteiger partial charge in [0.05, 0.1) is 29.8 Å². The molecule has 0 radical (unpaired) electrons. The number of rotatable bonds is 5. The molecular weight excluding hydrogens is 642 g/mol. The first kappa shape index (κ1) is 37.4. The van der Waals surface area contributed by atoms with Gasteiger partial charge in [0.25, 0.3) is 0 Å². The number of aliphatic hydroxyl groups is 2. The number of fused-ring (bicyclic) bond motifs is 5. The number of hydrogen-bond donors (Lipinski definition) is 3. The Hall–Kier alpha value is -3.42. The molecule has 48 heavy (non-hydrogen) atoms. The van der Waals surface area contributed by atoms with Crippen LogP contribution in [0.25, 0.3) is 0 Å². The number of likely N-dealkylation sites (N-methyl/N-ethyl adjacent to an activating group) is 1. The summed E-state index contributed by atoms with van der Waals surface area (Å²) in [6.45, 7) is 12.1. The first-order valence-corrected chi connectivity index (χ1v) is 16.4. The van der Waals surface area contributed by atoms with Crippen molar-refractivity contribution in [3.63, 3.8) is 0 Å². The standard InChI is InChI=1S/C35H48ClN3O9/c1-19-11-10-12-28(45-9)35(44)17-27(46-22(4)37-35)20(2)32-34(6,48-32)29(47-33(43)21(3)38(7)23(5)41)16-30(42)39(8)26-15-24(13-19)14-25(18-40)31(26)36/h10-12,14-15,20-21,27-29,32,37,40,44H,4,13,16-18H2,1-3,5-9H3/b12-10+,19-11+/t20-,21+,27+,28-,29+,32?,34+,35+/m1/s1. The molecule has 3 N–H and O–H groups in total. The smallest absolute Gasteiger partial charge is 0.328 e. The number of aliphatic hydroxyl groups excluding tert-OH is 1. The average molecular weight is 690 g/mol. The van der Waals surface area contributed by atoms with Gasteiger partial charge in [-0.05, 0) is 51.0 Å². The number of carbonyl (C=O) groups excluding carboxylic acids is 3. The SMILES string of the molecule is C=C1N[C@]2(O)C[C@H](O1)[C@@H](C)C1O[C@@]1(C)[C@@H](OC(=O)[C@H](C)N(C)C(C)=O)CC(=O)N(C)c1cc(cc(CO)c1Cl)C/C(C)=C/C=C/[C@H]2OC. The molecule has 0 aromatic heterocycles. The monoisotopic (exact) mass is 689 g/mol. The number of ether oxygens (including phenoxy) is 4. The van der Waals surface area contributed by atoms with Crippen LogP contribution in [-0.4, -0.2) is 95.9 Å². The van der Waals surface area contributed by atoms with Crippen molar-refractivity contribution in [3.05, 3.63) is 64.5 Å². The van der Waals surface area contributed by atoms with Crippen LogP contribution in [0.2, 0.25) is 5.02 Å². The zero-order valence-electron chi connectivity index (χ0n) is 28.9. The fourth-order valence-corrected chi connectivity index (χ4v) is 6.74. The Labute approximate surface area is 287 Å². The van der Waals surface area contributed by atoms with Gasteiger partial charge in [-0.2, -0.15) is 0 Å². The zero-order valence-corrected chi connectivity index (χ0v) is 29.7. The molecular formula is C35H48ClN3O9. The summed E-state index contributed by atoms with van der Waals surface area (Å²) in [5.41, 5.74) is -0.0997. The Kier molecular flexibility index (Phi) is 11.4. The number of methoxy groups -OCH3 is 1. The largest absolute Gasteiger partial charge is 0.476 e. The summed E-state index contributed by atoms with van der Waals surface area (Å²) in [6.07, 6.45) is 2.77. The highest BCUT2D eigenvalue weighted by atomic mass is 35.5. The minimum atomic E-state index is -1.58. The number of nitrogens with one attached hydrogen (secondary N) is 1. The molecule has 3 aliphatic rings. The predicted octanol–water partition coefficient (Wildman–Crippen LogP) is 3.37. The molecule has 0 aliphatic carbocycles. The van der Waals surface area contributed by atoms with Crippen molar-refractivity contribution in [2.45, 2.75) is 102 Å². The summed E-state index contributed by atoms with van der Waals surface area (Å²) in [5.74, 6) is -1.64. The Morgan fingerprint density at radius 1 is 1.33 bits per heavy atom. The topological polar surface area (TPSA) is 150 Å². The zero-order chi connectivity index (χ0) is 35.7. The number of epoxide rings is 1. The van der Waals surface area contributed by atoms with E-state index in [0.717, 1.165) is 11.1 Å². The van der Waals surface area contributed by atoms with E-state index in [1.54, 1.807) is 45.2 Å². The number of nitrogens with zero attached hydrogens (tertiary/aromatic N) is 2. The molecule has 0 saturated carbocycles. The molecule has 4 rings (SSSR count). The van der Waals surface area contributed by atoms with Crippen molar-refractivity contribution >= 4 is 35.1 Å². The van der Waals surface area contributed by atoms with Gasteiger partial charge in [0, 0.05) is 40.5 Å². The summed E-state index contributed by atoms with van der Waals surface area (Å²) >= 11 is 6.70. The van der Waals surface area contributed by atoms with Crippen molar-refractivity contribution in [3.8, 4) is 0 Å². The number of benzene rings is 1. The molecule has 3 heterocycles. The third-order valence-corrected chi connectivity index (χ3v) is 10.2. The molecule has 1 aromatic carbocycles. The van der Waals surface area contributed by atoms with Gasteiger partial charge >= 0.3 is 5.97 Å². The first-order chi connectivity index (χ1) is 22.4. The second-order valence-electron chi connectivity index (χ2n) is 13.3. The van der Waals surface area contributed by atoms with Crippen LogP contribution in [-0.2, 0) is 46.4 Å². The van der Waals surface area contributed by atoms with E-state index < -0.39 is 53.7 Å². The molecule has 2 fully saturated rings. The van der Waals surface area contributed by atoms with E-state index in [9.17, 15) is 24.6 Å². The van der Waals surface area contributed by atoms with E-state index >= 15 is 0 Å². The van der Waals surface area contributed by atoms with Crippen LogP contribution in [0.3, 0.4) is 0 Å². The van der Waals surface area contributed by atoms with Gasteiger partial charge in [-0.3, -0.25) is 9.59 Å². The molecule has 1 unspecified atom stereocenters. The van der Waals surface area contributed by atoms with Crippen molar-refractivity contribution < 1.29 is 43.5 Å². The molecule has 3 aliphatic heterocycles. The van der Waals surface area contributed by atoms with Crippen LogP contribution in [0.1, 0.15) is 58.6 Å². The molecule has 2 saturated heterocycles. The number of anilines is 1. The van der Waals surface area contributed by atoms with Crippen molar-refractivity contribution in [1.82, 2.24) is 10.2 Å². The average Bonchev–Trinajstić information content (AvgIpc) is 3.73. The summed E-state index contributed by atoms with van der Waals surface area (Å²) < 4.78 is 24.0. The normalized spacial score (nSPS) is 33.3. The maximum absolute atomic E-state index is 14.0. The number of halogens is 1. The van der Waals surface area contributed by atoms with E-state index in [1.807, 2.05) is 19.9 Å². The third kappa shape index (κ3) is 7.73. The van der Waals surface area contributed by atoms with E-state index in [1.165, 1.54) is 30.9 Å². The molecule has 13 heteroatoms. The van der Waals surface area contributed by atoms with Crippen LogP contribution in [0, 0.1) is 5.92 Å². The molecule has 1 aromatic rings. The number of hydrogen-bond acceptors (Lipinski definition) is 10. The number of amides is 2. The lowest BCUT2D eigenvalue weighted by Gasteiger charge is -2.44. The molecule has 264 valence electrons. The van der Waals surface area contributed by atoms with Crippen LogP contribution >= 0.6 is 11.6 Å². The Morgan fingerprint density at radius 2 is 2.02 bits per heavy atom. The maximum Gasteiger partial charge on any atom is 0.328 e. The number of carbonyl (C=O) groups is 3. The van der Waals surface area contributed by atoms with Gasteiger partial charge in [0.1, 0.15) is 30.0 Å². The highest BCUT2D eigenvalue weighted by Crippen LogP contribution is 2.49. The number of esters is 1. The Morgan fingerprint density at radius 3 is 2.65 bits per heavy atom. The fourth-order valence-electron chi connectivity index (χ4n) is 6.45. The van der Waals surface area contributed by atoms with E-state index in [0.29, 0.717) is 17.7 Å². The minimum Gasteiger partial charge on any atom is -0.476 e. The quantitative estimate of drug-likeness (QED) is 0.310. The van der Waals surface area contributed by atoms with E-state index in [-0.39, 0.29) is 42.2 Å². The van der Waals surface area contributed by atoms with Gasteiger partial charge in [0.15, 0.2) is 11.6 Å². The third-order valence-electron chi connectivity index (χ3n) is 9.76. The lowest BCUT2D eigenvalue weighted by Crippen LogP contribution is -2.60. The van der Waals surface area contributed by atoms with Crippen molar-refractivity contribution in [1.29, 1.82) is 0 Å². The van der Waals surface area contributed by atoms with Crippen LogP contribution in [0.4, 0.5) is 5.69 Å². The van der Waals surface area contributed by atoms with Crippen molar-refractivity contribution in [2.75, 3.05) is 26.1 Å². The Bertz CT molecular complexity index is 1500. The van der Waals surface area contributed by atoms with Gasteiger partial charge in [-0.1, -0.05) is 48.4 Å². The molecule has 8 atom stereocenters. The van der Waals surface area contributed by atoms with E-state index in [4.69, 9.17) is 30.5 Å². The fraction of sp³-hybridized carbons (Fsp3) is 0.571. The Balaban J connectivity index is 1.80. The lowest BCUT2D eigenvalue weighted by molar-refractivity contribution is -0.161. The second kappa shape index (κ2) is 14.6. The van der Waals surface area contributed by atoms with Crippen LogP contribution < -0.4 is 10.2 Å². The maximum atomic E-state index is 14.0. The summed E-state index contributed by atoms with van der Waals surface area (Å²) in [4.78, 5) is 42.0. The molecule has 12 nitrogen and oxygen atoms in total. The second-order valence-corrected chi connectivity index (χ2v) is 13.7. The lowest BCUT2D eigenvalue weighted by atomic mass is 9.83.